The van der Waals surface area contributed by atoms with Crippen LogP contribution in [0.5, 0.6) is 0 Å². The molecule has 0 bridgehead atoms. The van der Waals surface area contributed by atoms with E-state index in [1.807, 2.05) is 0 Å². The number of carbonyl (C=O) groups excluding carboxylic acids is 1. The van der Waals surface area contributed by atoms with Crippen LogP contribution in [-0.4, -0.2) is 29.5 Å². The molecular weight excluding hydrogens is 300 g/mol. The zero-order chi connectivity index (χ0) is 17.5. The van der Waals surface area contributed by atoms with Gasteiger partial charge in [-0.1, -0.05) is 56.7 Å². The number of unbranched alkanes of at least 4 members (excludes halogenated alkanes) is 2. The second-order valence-corrected chi connectivity index (χ2v) is 6.75. The lowest BCUT2D eigenvalue weighted by molar-refractivity contribution is -0.138. The Morgan fingerprint density at radius 1 is 1.08 bits per heavy atom. The van der Waals surface area contributed by atoms with Crippen LogP contribution in [0.25, 0.3) is 0 Å². The minimum atomic E-state index is -0.0275. The molecule has 0 aliphatic carbocycles. The first-order chi connectivity index (χ1) is 11.5. The van der Waals surface area contributed by atoms with Crippen molar-refractivity contribution in [2.24, 2.45) is 5.10 Å². The molecule has 1 amide bonds. The first-order valence-electron chi connectivity index (χ1n) is 9.17. The van der Waals surface area contributed by atoms with E-state index < -0.39 is 0 Å². The van der Waals surface area contributed by atoms with Crippen molar-refractivity contribution in [2.75, 3.05) is 6.61 Å². The van der Waals surface area contributed by atoms with E-state index in [4.69, 9.17) is 4.74 Å². The second kappa shape index (κ2) is 8.86. The maximum atomic E-state index is 12.4. The lowest BCUT2D eigenvalue weighted by atomic mass is 10.0. The van der Waals surface area contributed by atoms with Crippen LogP contribution in [0.4, 0.5) is 0 Å². The van der Waals surface area contributed by atoms with Gasteiger partial charge >= 0.3 is 0 Å². The van der Waals surface area contributed by atoms with E-state index in [9.17, 15) is 4.79 Å². The number of hydrogen-bond acceptors (Lipinski definition) is 3. The number of benzene rings is 1. The number of hydrazone groups is 1. The molecule has 0 aromatic heterocycles. The summed E-state index contributed by atoms with van der Waals surface area (Å²) in [6.07, 6.45) is 6.52. The molecule has 0 saturated carbocycles. The van der Waals surface area contributed by atoms with Gasteiger partial charge in [0.25, 0.3) is 5.91 Å². The van der Waals surface area contributed by atoms with E-state index in [0.29, 0.717) is 5.90 Å². The van der Waals surface area contributed by atoms with Gasteiger partial charge in [0.15, 0.2) is 6.61 Å². The van der Waals surface area contributed by atoms with E-state index >= 15 is 0 Å². The number of nitrogens with zero attached hydrogens (tertiary/aromatic N) is 2. The highest BCUT2D eigenvalue weighted by molar-refractivity contribution is 5.98. The number of carbonyl (C=O) groups is 1. The van der Waals surface area contributed by atoms with Crippen LogP contribution in [0.3, 0.4) is 0 Å². The molecule has 0 fully saturated rings. The lowest BCUT2D eigenvalue weighted by Crippen LogP contribution is -2.43. The Kier molecular flexibility index (Phi) is 6.83. The first kappa shape index (κ1) is 18.5. The quantitative estimate of drug-likeness (QED) is 0.700. The fraction of sp³-hybridized carbons (Fsp3) is 0.600. The molecule has 0 N–H and O–H groups in total. The molecule has 0 unspecified atom stereocenters. The van der Waals surface area contributed by atoms with Crippen LogP contribution >= 0.6 is 0 Å². The van der Waals surface area contributed by atoms with Crippen LogP contribution in [0.1, 0.15) is 69.1 Å². The Balaban J connectivity index is 2.26. The van der Waals surface area contributed by atoms with Crippen molar-refractivity contribution in [1.29, 1.82) is 0 Å². The van der Waals surface area contributed by atoms with Gasteiger partial charge in [0.1, 0.15) is 0 Å². The number of amides is 1. The summed E-state index contributed by atoms with van der Waals surface area (Å²) in [5.41, 5.74) is 3.30. The molecule has 0 spiro atoms. The Hall–Kier alpha value is -1.84. The molecule has 0 saturated heterocycles. The molecule has 0 atom stereocenters. The average molecular weight is 330 g/mol. The van der Waals surface area contributed by atoms with E-state index in [0.717, 1.165) is 44.1 Å². The number of aryl methyl sites for hydroxylation is 2. The molecule has 4 heteroatoms. The molecule has 1 aliphatic rings. The van der Waals surface area contributed by atoms with Crippen molar-refractivity contribution >= 4 is 11.8 Å². The highest BCUT2D eigenvalue weighted by Crippen LogP contribution is 2.21. The third-order valence-corrected chi connectivity index (χ3v) is 4.38. The van der Waals surface area contributed by atoms with Gasteiger partial charge in [0.05, 0.1) is 6.04 Å². The molecular formula is C20H30N2O2. The average Bonchev–Trinajstić information content (AvgIpc) is 2.55. The zero-order valence-corrected chi connectivity index (χ0v) is 15.5. The van der Waals surface area contributed by atoms with E-state index in [1.54, 1.807) is 5.01 Å². The van der Waals surface area contributed by atoms with Crippen molar-refractivity contribution in [1.82, 2.24) is 5.01 Å². The van der Waals surface area contributed by atoms with Gasteiger partial charge in [-0.2, -0.15) is 0 Å². The first-order valence-corrected chi connectivity index (χ1v) is 9.17. The Morgan fingerprint density at radius 3 is 2.21 bits per heavy atom. The smallest absolute Gasteiger partial charge is 0.280 e. The zero-order valence-electron chi connectivity index (χ0n) is 15.5. The van der Waals surface area contributed by atoms with Gasteiger partial charge in [-0.15, -0.1) is 5.10 Å². The Bertz CT molecular complexity index is 567. The fourth-order valence-corrected chi connectivity index (χ4v) is 3.17. The normalized spacial score (nSPS) is 14.8. The van der Waals surface area contributed by atoms with Crippen molar-refractivity contribution in [3.05, 3.63) is 34.9 Å². The topological polar surface area (TPSA) is 41.9 Å². The third kappa shape index (κ3) is 4.83. The Labute approximate surface area is 145 Å². The van der Waals surface area contributed by atoms with Crippen LogP contribution in [-0.2, 0) is 9.53 Å². The summed E-state index contributed by atoms with van der Waals surface area (Å²) < 4.78 is 5.63. The van der Waals surface area contributed by atoms with Gasteiger partial charge in [-0.25, -0.2) is 5.01 Å². The molecule has 2 rings (SSSR count). The molecule has 1 aromatic carbocycles. The maximum Gasteiger partial charge on any atom is 0.280 e. The standard InChI is InChI=1S/C20H30N2O2/c1-5-7-9-18(10-8-6-2)22-19(23)14-24-20(21-22)17-12-15(3)11-16(4)13-17/h11-13,18H,5-10,14H2,1-4H3. The highest BCUT2D eigenvalue weighted by atomic mass is 16.5. The van der Waals surface area contributed by atoms with Crippen molar-refractivity contribution < 1.29 is 9.53 Å². The van der Waals surface area contributed by atoms with Crippen molar-refractivity contribution in [2.45, 2.75) is 72.3 Å². The summed E-state index contributed by atoms with van der Waals surface area (Å²) in [6, 6.07) is 6.43. The van der Waals surface area contributed by atoms with Gasteiger partial charge in [-0.05, 0) is 38.8 Å². The molecule has 1 aromatic rings. The van der Waals surface area contributed by atoms with E-state index in [1.165, 1.54) is 11.1 Å². The predicted octanol–water partition coefficient (Wildman–Crippen LogP) is 4.57. The largest absolute Gasteiger partial charge is 0.466 e. The number of rotatable bonds is 8. The van der Waals surface area contributed by atoms with Gasteiger partial charge in [0.2, 0.25) is 5.90 Å². The summed E-state index contributed by atoms with van der Waals surface area (Å²) in [4.78, 5) is 12.4. The van der Waals surface area contributed by atoms with Crippen LogP contribution in [0.15, 0.2) is 23.3 Å². The summed E-state index contributed by atoms with van der Waals surface area (Å²) in [6.45, 7) is 8.58. The van der Waals surface area contributed by atoms with Gasteiger partial charge in [-0.3, -0.25) is 4.79 Å². The highest BCUT2D eigenvalue weighted by Gasteiger charge is 2.28. The number of hydrogen-bond donors (Lipinski definition) is 0. The molecule has 132 valence electrons. The van der Waals surface area contributed by atoms with Crippen LogP contribution in [0.2, 0.25) is 0 Å². The fourth-order valence-electron chi connectivity index (χ4n) is 3.17. The number of ether oxygens (including phenoxy) is 1. The van der Waals surface area contributed by atoms with Crippen LogP contribution < -0.4 is 0 Å². The molecule has 0 radical (unpaired) electrons. The summed E-state index contributed by atoms with van der Waals surface area (Å²) in [5.74, 6) is 0.541. The minimum absolute atomic E-state index is 0.0275. The van der Waals surface area contributed by atoms with E-state index in [-0.39, 0.29) is 18.6 Å². The van der Waals surface area contributed by atoms with E-state index in [2.05, 4.69) is 51.0 Å². The predicted molar refractivity (Wildman–Crippen MR) is 98.1 cm³/mol. The monoisotopic (exact) mass is 330 g/mol. The minimum Gasteiger partial charge on any atom is -0.466 e. The van der Waals surface area contributed by atoms with Gasteiger partial charge < -0.3 is 4.74 Å². The summed E-state index contributed by atoms with van der Waals surface area (Å²) in [7, 11) is 0. The lowest BCUT2D eigenvalue weighted by Gasteiger charge is -2.31. The Morgan fingerprint density at radius 2 is 1.67 bits per heavy atom. The third-order valence-electron chi connectivity index (χ3n) is 4.38. The molecule has 1 heterocycles. The summed E-state index contributed by atoms with van der Waals surface area (Å²) >= 11 is 0. The maximum absolute atomic E-state index is 12.4. The molecule has 4 nitrogen and oxygen atoms in total. The summed E-state index contributed by atoms with van der Waals surface area (Å²) in [5, 5.41) is 6.30. The van der Waals surface area contributed by atoms with Crippen molar-refractivity contribution in [3.8, 4) is 0 Å². The van der Waals surface area contributed by atoms with Gasteiger partial charge in [0, 0.05) is 5.56 Å². The molecule has 1 aliphatic heterocycles. The SMILES string of the molecule is CCCCC(CCCC)N1N=C(c2cc(C)cc(C)c2)OCC1=O. The van der Waals surface area contributed by atoms with Crippen LogP contribution in [0, 0.1) is 13.8 Å². The van der Waals surface area contributed by atoms with Crippen molar-refractivity contribution in [3.63, 3.8) is 0 Å². The second-order valence-electron chi connectivity index (χ2n) is 6.75. The molecule has 24 heavy (non-hydrogen) atoms.